The van der Waals surface area contributed by atoms with Crippen molar-refractivity contribution in [3.63, 3.8) is 0 Å². The van der Waals surface area contributed by atoms with Gasteiger partial charge in [-0.05, 0) is 60.8 Å². The zero-order valence-corrected chi connectivity index (χ0v) is 15.1. The third-order valence-electron chi connectivity index (χ3n) is 3.55. The van der Waals surface area contributed by atoms with E-state index in [9.17, 15) is 8.42 Å². The summed E-state index contributed by atoms with van der Waals surface area (Å²) in [4.78, 5) is 0.271. The van der Waals surface area contributed by atoms with E-state index in [1.807, 2.05) is 26.0 Å². The summed E-state index contributed by atoms with van der Waals surface area (Å²) in [6, 6.07) is 5.31. The average Bonchev–Trinajstić information content (AvgIpc) is 2.94. The third-order valence-corrected chi connectivity index (χ3v) is 5.95. The summed E-state index contributed by atoms with van der Waals surface area (Å²) in [7, 11) is -3.57. The molecule has 0 spiro atoms. The van der Waals surface area contributed by atoms with Gasteiger partial charge in [0.05, 0.1) is 10.6 Å². The molecule has 0 amide bonds. The van der Waals surface area contributed by atoms with E-state index in [1.54, 1.807) is 16.8 Å². The molecular weight excluding hydrogens is 352 g/mol. The van der Waals surface area contributed by atoms with Gasteiger partial charge in [0.1, 0.15) is 6.10 Å². The molecule has 0 saturated heterocycles. The lowest BCUT2D eigenvalue weighted by atomic mass is 10.0. The number of aryl methyl sites for hydroxylation is 1. The molecule has 1 aliphatic rings. The highest BCUT2D eigenvalue weighted by Crippen LogP contribution is 2.30. The van der Waals surface area contributed by atoms with E-state index in [1.165, 1.54) is 11.3 Å². The molecule has 1 aliphatic heterocycles. The number of ether oxygens (including phenoxy) is 1. The van der Waals surface area contributed by atoms with E-state index >= 15 is 0 Å². The number of sulfonamides is 1. The fourth-order valence-corrected chi connectivity index (χ4v) is 4.85. The molecule has 0 bridgehead atoms. The summed E-state index contributed by atoms with van der Waals surface area (Å²) in [6.45, 7) is 3.78. The minimum Gasteiger partial charge on any atom is -0.467 e. The molecule has 0 saturated carbocycles. The van der Waals surface area contributed by atoms with Gasteiger partial charge in [0.25, 0.3) is 15.2 Å². The zero-order chi connectivity index (χ0) is 16.6. The van der Waals surface area contributed by atoms with Crippen molar-refractivity contribution in [1.82, 2.24) is 0 Å². The van der Waals surface area contributed by atoms with Crippen molar-refractivity contribution < 1.29 is 13.2 Å². The van der Waals surface area contributed by atoms with Crippen molar-refractivity contribution in [2.24, 2.45) is 0 Å². The van der Waals surface area contributed by atoms with Crippen LogP contribution in [0.1, 0.15) is 18.1 Å². The number of hydrogen-bond acceptors (Lipinski definition) is 5. The Morgan fingerprint density at radius 3 is 2.91 bits per heavy atom. The minimum atomic E-state index is -3.57. The summed E-state index contributed by atoms with van der Waals surface area (Å²) < 4.78 is 33.0. The first-order valence-corrected chi connectivity index (χ1v) is 9.85. The molecule has 1 unspecified atom stereocenters. The molecule has 0 aliphatic carbocycles. The number of anilines is 2. The topological polar surface area (TPSA) is 67.4 Å². The molecule has 3 rings (SSSR count). The Hall–Kier alpha value is -1.64. The second kappa shape index (κ2) is 6.10. The fourth-order valence-electron chi connectivity index (χ4n) is 2.43. The third kappa shape index (κ3) is 3.49. The van der Waals surface area contributed by atoms with Crippen LogP contribution in [-0.4, -0.2) is 19.7 Å². The van der Waals surface area contributed by atoms with Crippen molar-refractivity contribution in [2.45, 2.75) is 31.3 Å². The van der Waals surface area contributed by atoms with Crippen LogP contribution >= 0.6 is 23.6 Å². The number of thiocarbonyl (C=S) groups is 1. The number of rotatable bonds is 3. The molecule has 2 aromatic rings. The molecule has 1 aromatic carbocycles. The first-order valence-electron chi connectivity index (χ1n) is 7.01. The predicted octanol–water partition coefficient (Wildman–Crippen LogP) is 3.52. The molecule has 5 nitrogen and oxygen atoms in total. The quantitative estimate of drug-likeness (QED) is 0.812. The summed E-state index contributed by atoms with van der Waals surface area (Å²) in [5, 5.41) is 6.73. The van der Waals surface area contributed by atoms with Crippen LogP contribution in [0.3, 0.4) is 0 Å². The molecule has 0 fully saturated rings. The fraction of sp³-hybridized carbons (Fsp3) is 0.267. The summed E-state index contributed by atoms with van der Waals surface area (Å²) in [5.74, 6) is 0. The van der Waals surface area contributed by atoms with E-state index in [4.69, 9.17) is 17.0 Å². The van der Waals surface area contributed by atoms with Crippen LogP contribution in [-0.2, 0) is 21.2 Å². The summed E-state index contributed by atoms with van der Waals surface area (Å²) >= 11 is 6.47. The first kappa shape index (κ1) is 16.2. The number of nitrogens with one attached hydrogen (secondary N) is 2. The van der Waals surface area contributed by atoms with Gasteiger partial charge in [0, 0.05) is 17.5 Å². The Balaban J connectivity index is 1.97. The summed E-state index contributed by atoms with van der Waals surface area (Å²) in [5.41, 5.74) is 3.20. The number of thiophene rings is 1. The van der Waals surface area contributed by atoms with Crippen LogP contribution in [0.25, 0.3) is 0 Å². The highest BCUT2D eigenvalue weighted by molar-refractivity contribution is 7.92. The van der Waals surface area contributed by atoms with Crippen LogP contribution in [0.5, 0.6) is 0 Å². The Labute approximate surface area is 144 Å². The van der Waals surface area contributed by atoms with Gasteiger partial charge < -0.3 is 10.1 Å². The van der Waals surface area contributed by atoms with Crippen molar-refractivity contribution >= 4 is 50.1 Å². The van der Waals surface area contributed by atoms with E-state index in [0.29, 0.717) is 17.3 Å². The molecule has 2 N–H and O–H groups in total. The van der Waals surface area contributed by atoms with Crippen molar-refractivity contribution in [3.05, 3.63) is 40.1 Å². The zero-order valence-electron chi connectivity index (χ0n) is 12.6. The molecule has 2 heterocycles. The lowest BCUT2D eigenvalue weighted by molar-refractivity contribution is 0.217. The number of hydrogen-bond donors (Lipinski definition) is 2. The SMILES string of the molecule is Cc1cc2c(cc1NS(=O)(=O)c1ccsc1)CC(C)OC(=S)N2. The van der Waals surface area contributed by atoms with Gasteiger partial charge in [-0.15, -0.1) is 0 Å². The monoisotopic (exact) mass is 368 g/mol. The predicted molar refractivity (Wildman–Crippen MR) is 96.8 cm³/mol. The van der Waals surface area contributed by atoms with Gasteiger partial charge in [0.15, 0.2) is 0 Å². The van der Waals surface area contributed by atoms with Crippen LogP contribution < -0.4 is 10.0 Å². The minimum absolute atomic E-state index is 0.0692. The highest BCUT2D eigenvalue weighted by Gasteiger charge is 2.21. The molecule has 0 radical (unpaired) electrons. The van der Waals surface area contributed by atoms with E-state index < -0.39 is 10.0 Å². The smallest absolute Gasteiger partial charge is 0.262 e. The number of fused-ring (bicyclic) bond motifs is 1. The standard InChI is InChI=1S/C15H16N2O3S3/c1-9-5-14-11(6-10(2)20-15(21)16-14)7-13(9)17-23(18,19)12-3-4-22-8-12/h3-5,7-8,10,17H,6H2,1-2H3,(H,16,21). The normalized spacial score (nSPS) is 17.7. The maximum atomic E-state index is 12.4. The average molecular weight is 369 g/mol. The molecular formula is C15H16N2O3S3. The van der Waals surface area contributed by atoms with Gasteiger partial charge in [0.2, 0.25) is 0 Å². The van der Waals surface area contributed by atoms with Crippen molar-refractivity contribution in [3.8, 4) is 0 Å². The molecule has 122 valence electrons. The van der Waals surface area contributed by atoms with Gasteiger partial charge in [-0.3, -0.25) is 4.72 Å². The van der Waals surface area contributed by atoms with Crippen molar-refractivity contribution in [2.75, 3.05) is 10.0 Å². The van der Waals surface area contributed by atoms with Crippen LogP contribution in [0, 0.1) is 6.92 Å². The van der Waals surface area contributed by atoms with Gasteiger partial charge in [-0.1, -0.05) is 0 Å². The largest absolute Gasteiger partial charge is 0.467 e. The maximum Gasteiger partial charge on any atom is 0.262 e. The molecule has 8 heteroatoms. The Morgan fingerprint density at radius 1 is 1.43 bits per heavy atom. The summed E-state index contributed by atoms with van der Waals surface area (Å²) in [6.07, 6.45) is 0.580. The Bertz CT molecular complexity index is 845. The molecule has 1 aromatic heterocycles. The van der Waals surface area contributed by atoms with E-state index in [-0.39, 0.29) is 11.0 Å². The lowest BCUT2D eigenvalue weighted by Gasteiger charge is -2.14. The Morgan fingerprint density at radius 2 is 2.22 bits per heavy atom. The van der Waals surface area contributed by atoms with Crippen LogP contribution in [0.2, 0.25) is 0 Å². The second-order valence-corrected chi connectivity index (χ2v) is 8.27. The van der Waals surface area contributed by atoms with Gasteiger partial charge in [-0.2, -0.15) is 11.3 Å². The molecule has 1 atom stereocenters. The highest BCUT2D eigenvalue weighted by atomic mass is 32.2. The van der Waals surface area contributed by atoms with E-state index in [0.717, 1.165) is 16.8 Å². The maximum absolute atomic E-state index is 12.4. The second-order valence-electron chi connectivity index (χ2n) is 5.43. The molecule has 23 heavy (non-hydrogen) atoms. The van der Waals surface area contributed by atoms with Gasteiger partial charge in [-0.25, -0.2) is 8.42 Å². The lowest BCUT2D eigenvalue weighted by Crippen LogP contribution is -2.16. The van der Waals surface area contributed by atoms with Crippen molar-refractivity contribution in [1.29, 1.82) is 0 Å². The first-order chi connectivity index (χ1) is 10.8. The Kier molecular flexibility index (Phi) is 4.31. The van der Waals surface area contributed by atoms with E-state index in [2.05, 4.69) is 10.0 Å². The van der Waals surface area contributed by atoms with Crippen LogP contribution in [0.15, 0.2) is 33.9 Å². The number of benzene rings is 1. The van der Waals surface area contributed by atoms with Crippen LogP contribution in [0.4, 0.5) is 11.4 Å². The van der Waals surface area contributed by atoms with Gasteiger partial charge >= 0.3 is 0 Å².